The number of nitrogens with zero attached hydrogens (tertiary/aromatic N) is 2. The summed E-state index contributed by atoms with van der Waals surface area (Å²) in [5.41, 5.74) is 4.70. The summed E-state index contributed by atoms with van der Waals surface area (Å²) in [4.78, 5) is 4.51. The Morgan fingerprint density at radius 3 is 2.52 bits per heavy atom. The number of rotatable bonds is 4. The minimum atomic E-state index is -1.87. The van der Waals surface area contributed by atoms with Crippen molar-refractivity contribution in [2.45, 2.75) is 52.4 Å². The number of hydrogen-bond donors (Lipinski definition) is 0. The lowest BCUT2D eigenvalue weighted by Gasteiger charge is -2.36. The topological polar surface area (TPSA) is 48.2 Å². The second kappa shape index (κ2) is 6.39. The van der Waals surface area contributed by atoms with Crippen LogP contribution in [0.5, 0.6) is 0 Å². The molecule has 0 bridgehead atoms. The standard InChI is InChI=1S/C20H26N2O2Si/c1-14-15-10-11-16(18-9-7-8-12-21-18)17(19(15)24-22-14)13-23-25(5,6)20(2,3)4/h7-12H,13H2,1-6H3. The van der Waals surface area contributed by atoms with E-state index in [1.807, 2.05) is 31.3 Å². The van der Waals surface area contributed by atoms with E-state index in [-0.39, 0.29) is 5.04 Å². The zero-order chi connectivity index (χ0) is 18.2. The lowest BCUT2D eigenvalue weighted by molar-refractivity contribution is 0.275. The van der Waals surface area contributed by atoms with E-state index in [1.54, 1.807) is 0 Å². The van der Waals surface area contributed by atoms with Gasteiger partial charge in [0.05, 0.1) is 18.0 Å². The van der Waals surface area contributed by atoms with Gasteiger partial charge in [0, 0.05) is 22.7 Å². The first-order valence-electron chi connectivity index (χ1n) is 8.64. The van der Waals surface area contributed by atoms with E-state index in [1.165, 1.54) is 0 Å². The average Bonchev–Trinajstić information content (AvgIpc) is 2.94. The second-order valence-corrected chi connectivity index (χ2v) is 12.8. The Morgan fingerprint density at radius 1 is 1.12 bits per heavy atom. The van der Waals surface area contributed by atoms with Gasteiger partial charge in [0.2, 0.25) is 0 Å². The van der Waals surface area contributed by atoms with E-state index < -0.39 is 8.32 Å². The van der Waals surface area contributed by atoms with Crippen molar-refractivity contribution in [2.24, 2.45) is 0 Å². The summed E-state index contributed by atoms with van der Waals surface area (Å²) in [6.45, 7) is 13.7. The van der Waals surface area contributed by atoms with Crippen molar-refractivity contribution in [1.29, 1.82) is 0 Å². The largest absolute Gasteiger partial charge is 0.412 e. The van der Waals surface area contributed by atoms with Crippen molar-refractivity contribution < 1.29 is 8.95 Å². The van der Waals surface area contributed by atoms with Gasteiger partial charge < -0.3 is 8.95 Å². The van der Waals surface area contributed by atoms with Gasteiger partial charge in [-0.2, -0.15) is 0 Å². The summed E-state index contributed by atoms with van der Waals surface area (Å²) in [5.74, 6) is 0. The number of pyridine rings is 1. The van der Waals surface area contributed by atoms with Gasteiger partial charge in [0.1, 0.15) is 0 Å². The van der Waals surface area contributed by atoms with Crippen molar-refractivity contribution in [3.63, 3.8) is 0 Å². The molecule has 0 aliphatic rings. The molecule has 0 unspecified atom stereocenters. The zero-order valence-electron chi connectivity index (χ0n) is 15.9. The summed E-state index contributed by atoms with van der Waals surface area (Å²) >= 11 is 0. The molecule has 0 saturated heterocycles. The maximum atomic E-state index is 6.48. The predicted octanol–water partition coefficient (Wildman–Crippen LogP) is 5.72. The molecule has 0 atom stereocenters. The Kier molecular flexibility index (Phi) is 4.56. The Hall–Kier alpha value is -1.98. The first-order valence-corrected chi connectivity index (χ1v) is 11.5. The summed E-state index contributed by atoms with van der Waals surface area (Å²) in [6, 6.07) is 10.1. The number of aromatic nitrogens is 2. The number of benzene rings is 1. The number of fused-ring (bicyclic) bond motifs is 1. The molecule has 0 fully saturated rings. The Balaban J connectivity index is 2.08. The zero-order valence-corrected chi connectivity index (χ0v) is 16.9. The summed E-state index contributed by atoms with van der Waals surface area (Å²) in [6.07, 6.45) is 1.81. The maximum Gasteiger partial charge on any atom is 0.192 e. The Bertz CT molecular complexity index is 880. The fourth-order valence-electron chi connectivity index (χ4n) is 2.55. The van der Waals surface area contributed by atoms with Gasteiger partial charge in [-0.25, -0.2) is 0 Å². The third-order valence-electron chi connectivity index (χ3n) is 5.25. The number of hydrogen-bond acceptors (Lipinski definition) is 4. The molecular formula is C20H26N2O2Si. The van der Waals surface area contributed by atoms with Gasteiger partial charge in [-0.15, -0.1) is 0 Å². The lowest BCUT2D eigenvalue weighted by Crippen LogP contribution is -2.40. The Morgan fingerprint density at radius 2 is 1.88 bits per heavy atom. The van der Waals surface area contributed by atoms with E-state index in [2.05, 4.69) is 56.1 Å². The van der Waals surface area contributed by atoms with Gasteiger partial charge in [-0.1, -0.05) is 38.1 Å². The smallest absolute Gasteiger partial charge is 0.192 e. The molecule has 4 nitrogen and oxygen atoms in total. The van der Waals surface area contributed by atoms with Crippen molar-refractivity contribution in [1.82, 2.24) is 10.1 Å². The van der Waals surface area contributed by atoms with Crippen LogP contribution >= 0.6 is 0 Å². The fraction of sp³-hybridized carbons (Fsp3) is 0.400. The predicted molar refractivity (Wildman–Crippen MR) is 104 cm³/mol. The monoisotopic (exact) mass is 354 g/mol. The molecule has 0 radical (unpaired) electrons. The van der Waals surface area contributed by atoms with E-state index >= 15 is 0 Å². The highest BCUT2D eigenvalue weighted by molar-refractivity contribution is 6.74. The molecule has 5 heteroatoms. The molecule has 0 aliphatic carbocycles. The van der Waals surface area contributed by atoms with Crippen molar-refractivity contribution >= 4 is 19.3 Å². The first-order chi connectivity index (χ1) is 11.7. The van der Waals surface area contributed by atoms with Crippen LogP contribution in [0.1, 0.15) is 32.0 Å². The minimum absolute atomic E-state index is 0.156. The van der Waals surface area contributed by atoms with Crippen LogP contribution in [0.25, 0.3) is 22.2 Å². The molecule has 25 heavy (non-hydrogen) atoms. The van der Waals surface area contributed by atoms with Crippen LogP contribution in [0.2, 0.25) is 18.1 Å². The van der Waals surface area contributed by atoms with Crippen molar-refractivity contribution in [3.05, 3.63) is 47.8 Å². The molecule has 3 rings (SSSR count). The molecule has 2 heterocycles. The molecule has 0 N–H and O–H groups in total. The highest BCUT2D eigenvalue weighted by atomic mass is 28.4. The molecule has 2 aromatic heterocycles. The van der Waals surface area contributed by atoms with Crippen LogP contribution in [0.4, 0.5) is 0 Å². The minimum Gasteiger partial charge on any atom is -0.412 e. The molecule has 0 saturated carbocycles. The van der Waals surface area contributed by atoms with Gasteiger partial charge in [-0.05, 0) is 43.3 Å². The summed E-state index contributed by atoms with van der Waals surface area (Å²) in [7, 11) is -1.87. The van der Waals surface area contributed by atoms with E-state index in [9.17, 15) is 0 Å². The van der Waals surface area contributed by atoms with Crippen LogP contribution in [0, 0.1) is 6.92 Å². The molecule has 3 aromatic rings. The first kappa shape index (κ1) is 17.8. The quantitative estimate of drug-likeness (QED) is 0.562. The van der Waals surface area contributed by atoms with Gasteiger partial charge >= 0.3 is 0 Å². The molecular weight excluding hydrogens is 328 g/mol. The number of aryl methyl sites for hydroxylation is 1. The molecule has 132 valence electrons. The average molecular weight is 355 g/mol. The Labute approximate surface area is 150 Å². The van der Waals surface area contributed by atoms with Gasteiger partial charge in [-0.3, -0.25) is 4.98 Å². The third-order valence-corrected chi connectivity index (χ3v) is 9.73. The fourth-order valence-corrected chi connectivity index (χ4v) is 3.49. The van der Waals surface area contributed by atoms with Crippen LogP contribution in [0.15, 0.2) is 41.1 Å². The van der Waals surface area contributed by atoms with E-state index in [0.717, 1.165) is 33.5 Å². The summed E-state index contributed by atoms with van der Waals surface area (Å²) < 4.78 is 12.1. The highest BCUT2D eigenvalue weighted by Gasteiger charge is 2.37. The maximum absolute atomic E-state index is 6.48. The lowest BCUT2D eigenvalue weighted by atomic mass is 10.0. The third kappa shape index (κ3) is 3.39. The van der Waals surface area contributed by atoms with Crippen LogP contribution in [0.3, 0.4) is 0 Å². The molecule has 1 aromatic carbocycles. The van der Waals surface area contributed by atoms with Crippen LogP contribution < -0.4 is 0 Å². The second-order valence-electron chi connectivity index (χ2n) is 8.00. The summed E-state index contributed by atoms with van der Waals surface area (Å²) in [5, 5.41) is 5.34. The van der Waals surface area contributed by atoms with Crippen molar-refractivity contribution in [2.75, 3.05) is 0 Å². The van der Waals surface area contributed by atoms with Crippen LogP contribution in [-0.4, -0.2) is 18.5 Å². The SMILES string of the molecule is Cc1noc2c(CO[Si](C)(C)C(C)(C)C)c(-c3ccccn3)ccc12. The van der Waals surface area contributed by atoms with E-state index in [4.69, 9.17) is 8.95 Å². The van der Waals surface area contributed by atoms with Crippen molar-refractivity contribution in [3.8, 4) is 11.3 Å². The molecule has 0 aliphatic heterocycles. The molecule has 0 amide bonds. The van der Waals surface area contributed by atoms with Gasteiger partial charge in [0.25, 0.3) is 0 Å². The highest BCUT2D eigenvalue weighted by Crippen LogP contribution is 2.39. The normalized spacial score (nSPS) is 12.7. The van der Waals surface area contributed by atoms with Crippen LogP contribution in [-0.2, 0) is 11.0 Å². The molecule has 0 spiro atoms. The van der Waals surface area contributed by atoms with E-state index in [0.29, 0.717) is 6.61 Å². The van der Waals surface area contributed by atoms with Gasteiger partial charge in [0.15, 0.2) is 13.9 Å².